The first-order valence-electron chi connectivity index (χ1n) is 8.73. The van der Waals surface area contributed by atoms with Crippen LogP contribution in [0.4, 0.5) is 24.5 Å². The third-order valence-corrected chi connectivity index (χ3v) is 4.09. The van der Waals surface area contributed by atoms with E-state index in [-0.39, 0.29) is 23.6 Å². The maximum absolute atomic E-state index is 13.5. The molecule has 3 aromatic rings. The Bertz CT molecular complexity index is 984. The summed E-state index contributed by atoms with van der Waals surface area (Å²) in [4.78, 5) is 24.1. The molecule has 0 saturated heterocycles. The van der Waals surface area contributed by atoms with Crippen molar-refractivity contribution in [2.45, 2.75) is 19.0 Å². The van der Waals surface area contributed by atoms with Crippen LogP contribution in [-0.4, -0.2) is 11.8 Å². The largest absolute Gasteiger partial charge is 0.459 e. The van der Waals surface area contributed by atoms with Gasteiger partial charge < -0.3 is 15.1 Å². The van der Waals surface area contributed by atoms with Crippen LogP contribution in [0.2, 0.25) is 0 Å². The zero-order valence-electron chi connectivity index (χ0n) is 15.1. The zero-order valence-corrected chi connectivity index (χ0v) is 15.1. The second kappa shape index (κ2) is 8.64. The Hall–Kier alpha value is -3.55. The fourth-order valence-electron chi connectivity index (χ4n) is 2.68. The van der Waals surface area contributed by atoms with Crippen LogP contribution >= 0.6 is 0 Å². The SMILES string of the molecule is O=C(CCc1ccccc1)Nc1ccc(NC(=O)c2ccco2)cc1C(F)(F)F. The van der Waals surface area contributed by atoms with Crippen LogP contribution < -0.4 is 10.6 Å². The van der Waals surface area contributed by atoms with Gasteiger partial charge in [0.25, 0.3) is 5.91 Å². The Balaban J connectivity index is 1.72. The van der Waals surface area contributed by atoms with Crippen LogP contribution in [0.5, 0.6) is 0 Å². The minimum atomic E-state index is -4.71. The van der Waals surface area contributed by atoms with E-state index in [1.165, 1.54) is 24.5 Å². The number of hydrogen-bond acceptors (Lipinski definition) is 3. The molecular weight excluding hydrogens is 385 g/mol. The zero-order chi connectivity index (χ0) is 20.9. The number of halogens is 3. The third kappa shape index (κ3) is 5.47. The fourth-order valence-corrected chi connectivity index (χ4v) is 2.68. The van der Waals surface area contributed by atoms with Gasteiger partial charge in [0.1, 0.15) is 0 Å². The van der Waals surface area contributed by atoms with Crippen LogP contribution in [0.15, 0.2) is 71.3 Å². The molecule has 0 bridgehead atoms. The first-order valence-corrected chi connectivity index (χ1v) is 8.73. The summed E-state index contributed by atoms with van der Waals surface area (Å²) in [5, 5.41) is 4.64. The van der Waals surface area contributed by atoms with Crippen molar-refractivity contribution in [3.63, 3.8) is 0 Å². The average Bonchev–Trinajstić information content (AvgIpc) is 3.22. The second-order valence-corrected chi connectivity index (χ2v) is 6.22. The summed E-state index contributed by atoms with van der Waals surface area (Å²) < 4.78 is 45.3. The van der Waals surface area contributed by atoms with Crippen molar-refractivity contribution in [1.82, 2.24) is 0 Å². The van der Waals surface area contributed by atoms with Gasteiger partial charge in [-0.2, -0.15) is 13.2 Å². The van der Waals surface area contributed by atoms with Gasteiger partial charge in [-0.3, -0.25) is 9.59 Å². The molecule has 0 unspecified atom stereocenters. The molecule has 0 spiro atoms. The molecule has 1 aromatic heterocycles. The number of alkyl halides is 3. The number of hydrogen-bond donors (Lipinski definition) is 2. The molecule has 0 aliphatic rings. The molecule has 1 heterocycles. The van der Waals surface area contributed by atoms with Gasteiger partial charge in [0.05, 0.1) is 17.5 Å². The van der Waals surface area contributed by atoms with Gasteiger partial charge in [-0.05, 0) is 42.3 Å². The first-order chi connectivity index (χ1) is 13.8. The normalized spacial score (nSPS) is 11.1. The van der Waals surface area contributed by atoms with Crippen molar-refractivity contribution in [1.29, 1.82) is 0 Å². The molecule has 0 atom stereocenters. The Morgan fingerprint density at radius 3 is 2.34 bits per heavy atom. The van der Waals surface area contributed by atoms with Crippen LogP contribution in [0.25, 0.3) is 0 Å². The minimum absolute atomic E-state index is 0.0307. The number of carbonyl (C=O) groups excluding carboxylic acids is 2. The number of nitrogens with one attached hydrogen (secondary N) is 2. The number of amides is 2. The summed E-state index contributed by atoms with van der Waals surface area (Å²) in [5.41, 5.74) is -0.579. The van der Waals surface area contributed by atoms with Gasteiger partial charge in [0, 0.05) is 12.1 Å². The number of furan rings is 1. The highest BCUT2D eigenvalue weighted by Gasteiger charge is 2.34. The summed E-state index contributed by atoms with van der Waals surface area (Å²) in [5.74, 6) is -1.24. The third-order valence-electron chi connectivity index (χ3n) is 4.09. The van der Waals surface area contributed by atoms with E-state index in [1.54, 1.807) is 0 Å². The lowest BCUT2D eigenvalue weighted by molar-refractivity contribution is -0.136. The Morgan fingerprint density at radius 1 is 0.931 bits per heavy atom. The average molecular weight is 402 g/mol. The van der Waals surface area contributed by atoms with Crippen molar-refractivity contribution in [3.05, 3.63) is 83.8 Å². The summed E-state index contributed by atoms with van der Waals surface area (Å²) in [6.07, 6.45) is -2.98. The van der Waals surface area contributed by atoms with Crippen LogP contribution in [0, 0.1) is 0 Å². The molecule has 0 fully saturated rings. The number of anilines is 2. The molecule has 5 nitrogen and oxygen atoms in total. The van der Waals surface area contributed by atoms with E-state index in [9.17, 15) is 22.8 Å². The molecule has 0 radical (unpaired) electrons. The summed E-state index contributed by atoms with van der Waals surface area (Å²) in [7, 11) is 0. The summed E-state index contributed by atoms with van der Waals surface area (Å²) in [6, 6.07) is 15.2. The van der Waals surface area contributed by atoms with Gasteiger partial charge >= 0.3 is 6.18 Å². The van der Waals surface area contributed by atoms with Crippen molar-refractivity contribution < 1.29 is 27.2 Å². The van der Waals surface area contributed by atoms with E-state index >= 15 is 0 Å². The molecule has 150 valence electrons. The molecule has 0 aliphatic carbocycles. The molecule has 29 heavy (non-hydrogen) atoms. The molecule has 8 heteroatoms. The smallest absolute Gasteiger partial charge is 0.418 e. The summed E-state index contributed by atoms with van der Waals surface area (Å²) in [6.45, 7) is 0. The van der Waals surface area contributed by atoms with Crippen molar-refractivity contribution >= 4 is 23.2 Å². The fraction of sp³-hybridized carbons (Fsp3) is 0.143. The second-order valence-electron chi connectivity index (χ2n) is 6.22. The number of benzene rings is 2. The van der Waals surface area contributed by atoms with Gasteiger partial charge in [-0.1, -0.05) is 30.3 Å². The lowest BCUT2D eigenvalue weighted by atomic mass is 10.1. The van der Waals surface area contributed by atoms with E-state index in [0.717, 1.165) is 17.7 Å². The van der Waals surface area contributed by atoms with Crippen molar-refractivity contribution in [2.75, 3.05) is 10.6 Å². The molecule has 2 aromatic carbocycles. The number of carbonyl (C=O) groups is 2. The van der Waals surface area contributed by atoms with E-state index < -0.39 is 23.6 Å². The Labute approximate surface area is 164 Å². The highest BCUT2D eigenvalue weighted by atomic mass is 19.4. The minimum Gasteiger partial charge on any atom is -0.459 e. The van der Waals surface area contributed by atoms with Crippen LogP contribution in [-0.2, 0) is 17.4 Å². The van der Waals surface area contributed by atoms with E-state index in [4.69, 9.17) is 4.42 Å². The quantitative estimate of drug-likeness (QED) is 0.601. The molecule has 0 aliphatic heterocycles. The maximum Gasteiger partial charge on any atom is 0.418 e. The standard InChI is InChI=1S/C21H17F3N2O3/c22-21(23,24)16-13-15(25-20(28)18-7-4-12-29-18)9-10-17(16)26-19(27)11-8-14-5-2-1-3-6-14/h1-7,9-10,12-13H,8,11H2,(H,25,28)(H,26,27). The van der Waals surface area contributed by atoms with Crippen molar-refractivity contribution in [3.8, 4) is 0 Å². The lowest BCUT2D eigenvalue weighted by Crippen LogP contribution is -2.18. The van der Waals surface area contributed by atoms with Crippen LogP contribution in [0.3, 0.4) is 0 Å². The monoisotopic (exact) mass is 402 g/mol. The summed E-state index contributed by atoms with van der Waals surface area (Å²) >= 11 is 0. The topological polar surface area (TPSA) is 71.3 Å². The van der Waals surface area contributed by atoms with E-state index in [2.05, 4.69) is 10.6 Å². The number of aryl methyl sites for hydroxylation is 1. The first kappa shape index (κ1) is 20.2. The Morgan fingerprint density at radius 2 is 1.69 bits per heavy atom. The van der Waals surface area contributed by atoms with Gasteiger partial charge in [0.15, 0.2) is 5.76 Å². The predicted molar refractivity (Wildman–Crippen MR) is 101 cm³/mol. The molecular formula is C21H17F3N2O3. The Kier molecular flexibility index (Phi) is 6.01. The van der Waals surface area contributed by atoms with E-state index in [0.29, 0.717) is 6.42 Å². The lowest BCUT2D eigenvalue weighted by Gasteiger charge is -2.15. The molecule has 3 rings (SSSR count). The van der Waals surface area contributed by atoms with Crippen molar-refractivity contribution in [2.24, 2.45) is 0 Å². The molecule has 2 amide bonds. The van der Waals surface area contributed by atoms with Gasteiger partial charge in [-0.25, -0.2) is 0 Å². The van der Waals surface area contributed by atoms with Crippen LogP contribution in [0.1, 0.15) is 28.1 Å². The number of rotatable bonds is 6. The van der Waals surface area contributed by atoms with E-state index in [1.807, 2.05) is 30.3 Å². The highest BCUT2D eigenvalue weighted by molar-refractivity contribution is 6.02. The maximum atomic E-state index is 13.5. The van der Waals surface area contributed by atoms with Gasteiger partial charge in [-0.15, -0.1) is 0 Å². The molecule has 0 saturated carbocycles. The van der Waals surface area contributed by atoms with Gasteiger partial charge in [0.2, 0.25) is 5.91 Å². The molecule has 2 N–H and O–H groups in total. The predicted octanol–water partition coefficient (Wildman–Crippen LogP) is 5.12. The highest BCUT2D eigenvalue weighted by Crippen LogP contribution is 2.36.